The minimum atomic E-state index is -0.365. The summed E-state index contributed by atoms with van der Waals surface area (Å²) in [4.78, 5) is 2.28. The summed E-state index contributed by atoms with van der Waals surface area (Å²) >= 11 is 6.07. The van der Waals surface area contributed by atoms with Crippen LogP contribution in [0.4, 0.5) is 4.39 Å². The molecule has 4 heteroatoms. The van der Waals surface area contributed by atoms with Gasteiger partial charge in [0.05, 0.1) is 5.02 Å². The minimum absolute atomic E-state index is 0.161. The molecule has 2 aromatic carbocycles. The zero-order chi connectivity index (χ0) is 14.8. The van der Waals surface area contributed by atoms with E-state index in [9.17, 15) is 4.39 Å². The highest BCUT2D eigenvalue weighted by atomic mass is 35.5. The Labute approximate surface area is 129 Å². The predicted molar refractivity (Wildman–Crippen MR) is 83.8 cm³/mol. The van der Waals surface area contributed by atoms with E-state index in [1.807, 2.05) is 12.1 Å². The molecule has 0 spiro atoms. The van der Waals surface area contributed by atoms with E-state index >= 15 is 0 Å². The van der Waals surface area contributed by atoms with Gasteiger partial charge < -0.3 is 5.73 Å². The first-order valence-electron chi connectivity index (χ1n) is 7.15. The van der Waals surface area contributed by atoms with Gasteiger partial charge in [0.2, 0.25) is 0 Å². The van der Waals surface area contributed by atoms with Gasteiger partial charge in [-0.05, 0) is 29.2 Å². The number of nitrogens with two attached hydrogens (primary N) is 1. The standard InChI is InChI=1S/C17H18ClFN2/c18-17-13(5-3-7-15(17)19)11-21-9-8-12-4-1-2-6-14(12)16(21)10-20/h1-7,16H,8-11,20H2. The number of hydrogen-bond acceptors (Lipinski definition) is 2. The summed E-state index contributed by atoms with van der Waals surface area (Å²) in [6.07, 6.45) is 0.986. The van der Waals surface area contributed by atoms with Gasteiger partial charge in [0, 0.05) is 25.7 Å². The molecule has 2 nitrogen and oxygen atoms in total. The Morgan fingerprint density at radius 3 is 2.81 bits per heavy atom. The lowest BCUT2D eigenvalue weighted by Crippen LogP contribution is -2.38. The molecule has 0 aromatic heterocycles. The first kappa shape index (κ1) is 14.5. The Balaban J connectivity index is 1.88. The first-order valence-corrected chi connectivity index (χ1v) is 7.53. The molecule has 1 aliphatic heterocycles. The molecule has 0 saturated heterocycles. The fourth-order valence-electron chi connectivity index (χ4n) is 3.06. The number of fused-ring (bicyclic) bond motifs is 1. The van der Waals surface area contributed by atoms with Crippen molar-refractivity contribution in [2.45, 2.75) is 19.0 Å². The molecule has 2 N–H and O–H groups in total. The van der Waals surface area contributed by atoms with Crippen molar-refractivity contribution in [3.05, 3.63) is 70.0 Å². The summed E-state index contributed by atoms with van der Waals surface area (Å²) in [5.74, 6) is -0.365. The van der Waals surface area contributed by atoms with Gasteiger partial charge in [-0.2, -0.15) is 0 Å². The van der Waals surface area contributed by atoms with E-state index in [0.29, 0.717) is 13.1 Å². The Bertz CT molecular complexity index is 644. The van der Waals surface area contributed by atoms with E-state index in [4.69, 9.17) is 17.3 Å². The quantitative estimate of drug-likeness (QED) is 0.940. The third-order valence-electron chi connectivity index (χ3n) is 4.15. The van der Waals surface area contributed by atoms with Crippen LogP contribution in [0.2, 0.25) is 5.02 Å². The van der Waals surface area contributed by atoms with E-state index < -0.39 is 0 Å². The first-order chi connectivity index (χ1) is 10.2. The highest BCUT2D eigenvalue weighted by Crippen LogP contribution is 2.31. The maximum Gasteiger partial charge on any atom is 0.142 e. The van der Waals surface area contributed by atoms with Crippen LogP contribution >= 0.6 is 11.6 Å². The Morgan fingerprint density at radius 1 is 1.19 bits per heavy atom. The third kappa shape index (κ3) is 2.82. The molecule has 0 fully saturated rings. The molecule has 110 valence electrons. The van der Waals surface area contributed by atoms with Crippen LogP contribution in [0, 0.1) is 5.82 Å². The largest absolute Gasteiger partial charge is 0.329 e. The van der Waals surface area contributed by atoms with E-state index in [1.165, 1.54) is 17.2 Å². The highest BCUT2D eigenvalue weighted by Gasteiger charge is 2.26. The molecule has 1 heterocycles. The Hall–Kier alpha value is -1.42. The summed E-state index contributed by atoms with van der Waals surface area (Å²) in [6.45, 7) is 2.07. The molecular weight excluding hydrogens is 287 g/mol. The van der Waals surface area contributed by atoms with Crippen molar-refractivity contribution in [3.63, 3.8) is 0 Å². The van der Waals surface area contributed by atoms with Gasteiger partial charge in [0.15, 0.2) is 0 Å². The molecule has 0 saturated carbocycles. The average molecular weight is 305 g/mol. The second kappa shape index (κ2) is 6.14. The van der Waals surface area contributed by atoms with Crippen molar-refractivity contribution in [3.8, 4) is 0 Å². The van der Waals surface area contributed by atoms with Crippen LogP contribution in [0.1, 0.15) is 22.7 Å². The lowest BCUT2D eigenvalue weighted by Gasteiger charge is -2.37. The minimum Gasteiger partial charge on any atom is -0.329 e. The average Bonchev–Trinajstić information content (AvgIpc) is 2.51. The van der Waals surface area contributed by atoms with E-state index in [1.54, 1.807) is 6.07 Å². The molecule has 2 aromatic rings. The zero-order valence-electron chi connectivity index (χ0n) is 11.7. The summed E-state index contributed by atoms with van der Waals surface area (Å²) in [5, 5.41) is 0.215. The SMILES string of the molecule is NCC1c2ccccc2CCN1Cc1cccc(F)c1Cl. The van der Waals surface area contributed by atoms with Gasteiger partial charge in [0.1, 0.15) is 5.82 Å². The maximum atomic E-state index is 13.6. The molecular formula is C17H18ClFN2. The number of hydrogen-bond donors (Lipinski definition) is 1. The summed E-state index contributed by atoms with van der Waals surface area (Å²) < 4.78 is 13.6. The van der Waals surface area contributed by atoms with Gasteiger partial charge in [-0.3, -0.25) is 4.90 Å². The highest BCUT2D eigenvalue weighted by molar-refractivity contribution is 6.31. The van der Waals surface area contributed by atoms with Crippen molar-refractivity contribution in [1.29, 1.82) is 0 Å². The van der Waals surface area contributed by atoms with Crippen molar-refractivity contribution in [2.24, 2.45) is 5.73 Å². The lowest BCUT2D eigenvalue weighted by atomic mass is 9.92. The van der Waals surface area contributed by atoms with Crippen molar-refractivity contribution in [1.82, 2.24) is 4.90 Å². The molecule has 0 bridgehead atoms. The smallest absolute Gasteiger partial charge is 0.142 e. The molecule has 1 unspecified atom stereocenters. The summed E-state index contributed by atoms with van der Waals surface area (Å²) in [7, 11) is 0. The monoisotopic (exact) mass is 304 g/mol. The number of benzene rings is 2. The van der Waals surface area contributed by atoms with E-state index in [2.05, 4.69) is 23.1 Å². The Morgan fingerprint density at radius 2 is 2.00 bits per heavy atom. The molecule has 0 aliphatic carbocycles. The van der Waals surface area contributed by atoms with Crippen LogP contribution in [0.3, 0.4) is 0 Å². The number of nitrogens with zero attached hydrogens (tertiary/aromatic N) is 1. The van der Waals surface area contributed by atoms with Gasteiger partial charge in [-0.15, -0.1) is 0 Å². The second-order valence-corrected chi connectivity index (χ2v) is 5.76. The lowest BCUT2D eigenvalue weighted by molar-refractivity contribution is 0.181. The van der Waals surface area contributed by atoms with E-state index in [-0.39, 0.29) is 16.9 Å². The zero-order valence-corrected chi connectivity index (χ0v) is 12.5. The van der Waals surface area contributed by atoms with Crippen LogP contribution < -0.4 is 5.73 Å². The van der Waals surface area contributed by atoms with Crippen LogP contribution in [0.15, 0.2) is 42.5 Å². The molecule has 21 heavy (non-hydrogen) atoms. The van der Waals surface area contributed by atoms with Crippen LogP contribution in [0.5, 0.6) is 0 Å². The van der Waals surface area contributed by atoms with Gasteiger partial charge in [0.25, 0.3) is 0 Å². The predicted octanol–water partition coefficient (Wildman–Crippen LogP) is 3.54. The Kier molecular flexibility index (Phi) is 4.24. The molecule has 0 radical (unpaired) electrons. The van der Waals surface area contributed by atoms with Gasteiger partial charge in [-0.1, -0.05) is 48.0 Å². The second-order valence-electron chi connectivity index (χ2n) is 5.38. The summed E-state index contributed by atoms with van der Waals surface area (Å²) in [5.41, 5.74) is 9.43. The van der Waals surface area contributed by atoms with E-state index in [0.717, 1.165) is 18.5 Å². The fraction of sp³-hybridized carbons (Fsp3) is 0.294. The molecule has 1 atom stereocenters. The molecule has 0 amide bonds. The third-order valence-corrected chi connectivity index (χ3v) is 4.57. The number of halogens is 2. The van der Waals surface area contributed by atoms with Crippen molar-refractivity contribution < 1.29 is 4.39 Å². The summed E-state index contributed by atoms with van der Waals surface area (Å²) in [6, 6.07) is 13.5. The topological polar surface area (TPSA) is 29.3 Å². The fourth-order valence-corrected chi connectivity index (χ4v) is 3.24. The van der Waals surface area contributed by atoms with Crippen LogP contribution in [-0.2, 0) is 13.0 Å². The molecule has 1 aliphatic rings. The normalized spacial score (nSPS) is 18.5. The van der Waals surface area contributed by atoms with Crippen LogP contribution in [0.25, 0.3) is 0 Å². The van der Waals surface area contributed by atoms with Gasteiger partial charge >= 0.3 is 0 Å². The van der Waals surface area contributed by atoms with Crippen LogP contribution in [-0.4, -0.2) is 18.0 Å². The van der Waals surface area contributed by atoms with Gasteiger partial charge in [-0.25, -0.2) is 4.39 Å². The van der Waals surface area contributed by atoms with Crippen molar-refractivity contribution >= 4 is 11.6 Å². The van der Waals surface area contributed by atoms with Crippen molar-refractivity contribution in [2.75, 3.05) is 13.1 Å². The molecule has 3 rings (SSSR count). The number of rotatable bonds is 3. The maximum absolute atomic E-state index is 13.6.